The predicted molar refractivity (Wildman–Crippen MR) is 206 cm³/mol. The first-order valence-electron chi connectivity index (χ1n) is 18.8. The first-order chi connectivity index (χ1) is 26.4. The molecule has 0 radical (unpaired) electrons. The third-order valence-corrected chi connectivity index (χ3v) is 9.59. The van der Waals surface area contributed by atoms with Gasteiger partial charge in [-0.25, -0.2) is 0 Å². The summed E-state index contributed by atoms with van der Waals surface area (Å²) in [5.74, 6) is 0.732. The number of carbonyl (C=O) groups is 3. The highest BCUT2D eigenvalue weighted by Gasteiger charge is 2.40. The number of nitrogens with one attached hydrogen (secondary N) is 1. The maximum atomic E-state index is 13.0. The largest absolute Gasteiger partial charge is 0.508 e. The number of ether oxygens (including phenoxy) is 4. The minimum atomic E-state index is -0.652. The van der Waals surface area contributed by atoms with Crippen LogP contribution in [0.2, 0.25) is 0 Å². The van der Waals surface area contributed by atoms with Crippen molar-refractivity contribution in [3.05, 3.63) is 125 Å². The van der Waals surface area contributed by atoms with Crippen LogP contribution >= 0.6 is 0 Å². The summed E-state index contributed by atoms with van der Waals surface area (Å²) < 4.78 is 23.5. The number of rotatable bonds is 19. The summed E-state index contributed by atoms with van der Waals surface area (Å²) in [5, 5.41) is 12.2. The number of phenols is 1. The lowest BCUT2D eigenvalue weighted by molar-refractivity contribution is -0.136. The normalized spacial score (nSPS) is 15.8. The number of hydrogen-bond donors (Lipinski definition) is 2. The van der Waals surface area contributed by atoms with E-state index in [1.54, 1.807) is 24.3 Å². The molecule has 1 saturated heterocycles. The molecule has 3 amide bonds. The van der Waals surface area contributed by atoms with E-state index in [9.17, 15) is 19.5 Å². The molecule has 4 aromatic rings. The fourth-order valence-electron chi connectivity index (χ4n) is 6.88. The average molecular weight is 733 g/mol. The average Bonchev–Trinajstić information content (AvgIpc) is 3.53. The molecule has 4 aromatic carbocycles. The van der Waals surface area contributed by atoms with Crippen LogP contribution in [-0.4, -0.2) is 73.4 Å². The van der Waals surface area contributed by atoms with Gasteiger partial charge in [-0.3, -0.25) is 19.7 Å². The quantitative estimate of drug-likeness (QED) is 0.0591. The lowest BCUT2D eigenvalue weighted by Crippen LogP contribution is -2.52. The van der Waals surface area contributed by atoms with Gasteiger partial charge in [-0.15, -0.1) is 0 Å². The molecule has 10 nitrogen and oxygen atoms in total. The molecule has 10 heteroatoms. The van der Waals surface area contributed by atoms with Crippen LogP contribution in [0.3, 0.4) is 0 Å². The molecule has 1 atom stereocenters. The number of carbonyl (C=O) groups excluding carboxylic acids is 3. The Labute approximate surface area is 316 Å². The molecule has 0 saturated carbocycles. The molecule has 0 aliphatic carbocycles. The van der Waals surface area contributed by atoms with E-state index >= 15 is 0 Å². The Morgan fingerprint density at radius 2 is 1.35 bits per heavy atom. The maximum Gasteiger partial charge on any atom is 0.255 e. The third kappa shape index (κ3) is 9.75. The molecule has 282 valence electrons. The Morgan fingerprint density at radius 3 is 2.00 bits per heavy atom. The van der Waals surface area contributed by atoms with Gasteiger partial charge in [0.25, 0.3) is 5.91 Å². The number of allylic oxidation sites excluding steroid dienone is 1. The molecule has 54 heavy (non-hydrogen) atoms. The summed E-state index contributed by atoms with van der Waals surface area (Å²) >= 11 is 0. The Balaban J connectivity index is 0.850. The van der Waals surface area contributed by atoms with Gasteiger partial charge >= 0.3 is 0 Å². The number of amides is 3. The molecule has 0 aromatic heterocycles. The standard InChI is InChI=1S/C44H48N2O8/c1-2-36(31-10-4-3-5-11-31)42(32-14-18-34(47)19-15-32)33-16-20-35(21-17-33)53-28-8-26-51-24-7-25-52-27-9-29-54-40-13-6-12-37-38(40)30-46(44(37)50)39-22-23-41(48)45-43(39)49/h3-6,10-21,39,47H,2,7-9,22-30H2,1H3,(H,45,48,49). The molecule has 1 unspecified atom stereocenters. The zero-order valence-corrected chi connectivity index (χ0v) is 30.8. The Kier molecular flexibility index (Phi) is 13.5. The fourth-order valence-corrected chi connectivity index (χ4v) is 6.88. The molecular formula is C44H48N2O8. The van der Waals surface area contributed by atoms with Crippen molar-refractivity contribution >= 4 is 28.9 Å². The van der Waals surface area contributed by atoms with Gasteiger partial charge in [0.15, 0.2) is 0 Å². The molecule has 6 rings (SSSR count). The van der Waals surface area contributed by atoms with Crippen LogP contribution in [0.1, 0.15) is 78.1 Å². The van der Waals surface area contributed by atoms with E-state index in [0.717, 1.165) is 47.3 Å². The summed E-state index contributed by atoms with van der Waals surface area (Å²) in [5.41, 5.74) is 6.99. The zero-order chi connectivity index (χ0) is 37.7. The SMILES string of the molecule is CCC(=C(c1ccc(O)cc1)c1ccc(OCCCOCCCOCCCOc2cccc3c2CN(C2CCC(=O)NC2=O)C3=O)cc1)c1ccccc1. The van der Waals surface area contributed by atoms with E-state index in [-0.39, 0.29) is 30.5 Å². The second-order valence-corrected chi connectivity index (χ2v) is 13.3. The smallest absolute Gasteiger partial charge is 0.255 e. The molecular weight excluding hydrogens is 684 g/mol. The monoisotopic (exact) mass is 732 g/mol. The van der Waals surface area contributed by atoms with Crippen LogP contribution in [0.15, 0.2) is 97.1 Å². The van der Waals surface area contributed by atoms with Gasteiger partial charge in [-0.1, -0.05) is 67.6 Å². The summed E-state index contributed by atoms with van der Waals surface area (Å²) in [6, 6.07) is 30.7. The minimum Gasteiger partial charge on any atom is -0.508 e. The third-order valence-electron chi connectivity index (χ3n) is 9.59. The fraction of sp³-hybridized carbons (Fsp3) is 0.341. The second kappa shape index (κ2) is 19.0. The Bertz CT molecular complexity index is 1910. The molecule has 2 heterocycles. The zero-order valence-electron chi connectivity index (χ0n) is 30.8. The van der Waals surface area contributed by atoms with Crippen molar-refractivity contribution in [2.75, 3.05) is 39.6 Å². The van der Waals surface area contributed by atoms with E-state index in [0.29, 0.717) is 63.8 Å². The highest BCUT2D eigenvalue weighted by molar-refractivity contribution is 6.05. The molecule has 2 N–H and O–H groups in total. The minimum absolute atomic E-state index is 0.215. The lowest BCUT2D eigenvalue weighted by atomic mass is 9.88. The van der Waals surface area contributed by atoms with Gasteiger partial charge < -0.3 is 29.0 Å². The number of piperidine rings is 1. The number of fused-ring (bicyclic) bond motifs is 1. The van der Waals surface area contributed by atoms with Gasteiger partial charge in [-0.05, 0) is 83.5 Å². The van der Waals surface area contributed by atoms with Gasteiger partial charge in [0.05, 0.1) is 19.8 Å². The van der Waals surface area contributed by atoms with E-state index in [2.05, 4.69) is 48.6 Å². The van der Waals surface area contributed by atoms with Crippen molar-refractivity contribution in [3.8, 4) is 17.2 Å². The number of aromatic hydroxyl groups is 1. The van der Waals surface area contributed by atoms with Crippen LogP contribution in [0, 0.1) is 0 Å². The summed E-state index contributed by atoms with van der Waals surface area (Å²) in [4.78, 5) is 38.4. The van der Waals surface area contributed by atoms with Gasteiger partial charge in [-0.2, -0.15) is 0 Å². The first-order valence-corrected chi connectivity index (χ1v) is 18.8. The summed E-state index contributed by atoms with van der Waals surface area (Å²) in [7, 11) is 0. The van der Waals surface area contributed by atoms with Gasteiger partial charge in [0.1, 0.15) is 23.3 Å². The second-order valence-electron chi connectivity index (χ2n) is 13.3. The van der Waals surface area contributed by atoms with Crippen LogP contribution in [-0.2, 0) is 25.6 Å². The first kappa shape index (κ1) is 38.3. The molecule has 2 aliphatic rings. The Morgan fingerprint density at radius 1 is 0.722 bits per heavy atom. The number of phenolic OH excluding ortho intramolecular Hbond substituents is 1. The van der Waals surface area contributed by atoms with Gasteiger partial charge in [0.2, 0.25) is 11.8 Å². The van der Waals surface area contributed by atoms with Crippen LogP contribution in [0.25, 0.3) is 11.1 Å². The molecule has 0 bridgehead atoms. The van der Waals surface area contributed by atoms with E-state index < -0.39 is 11.9 Å². The van der Waals surface area contributed by atoms with Crippen molar-refractivity contribution in [2.24, 2.45) is 0 Å². The maximum absolute atomic E-state index is 13.0. The van der Waals surface area contributed by atoms with Crippen molar-refractivity contribution in [1.82, 2.24) is 10.2 Å². The number of imide groups is 1. The number of hydrogen-bond acceptors (Lipinski definition) is 8. The highest BCUT2D eigenvalue weighted by Crippen LogP contribution is 2.36. The van der Waals surface area contributed by atoms with Crippen molar-refractivity contribution in [3.63, 3.8) is 0 Å². The van der Waals surface area contributed by atoms with E-state index in [4.69, 9.17) is 18.9 Å². The van der Waals surface area contributed by atoms with Crippen molar-refractivity contribution in [2.45, 2.75) is 58.0 Å². The number of nitrogens with zero attached hydrogens (tertiary/aromatic N) is 1. The van der Waals surface area contributed by atoms with Crippen LogP contribution in [0.4, 0.5) is 0 Å². The van der Waals surface area contributed by atoms with E-state index in [1.165, 1.54) is 16.0 Å². The topological polar surface area (TPSA) is 124 Å². The van der Waals surface area contributed by atoms with E-state index in [1.807, 2.05) is 36.4 Å². The Hall–Kier alpha value is -5.45. The predicted octanol–water partition coefficient (Wildman–Crippen LogP) is 7.18. The lowest BCUT2D eigenvalue weighted by Gasteiger charge is -2.29. The number of benzene rings is 4. The van der Waals surface area contributed by atoms with Crippen LogP contribution in [0.5, 0.6) is 17.2 Å². The molecule has 2 aliphatic heterocycles. The van der Waals surface area contributed by atoms with Crippen molar-refractivity contribution < 1.29 is 38.4 Å². The molecule has 1 fully saturated rings. The highest BCUT2D eigenvalue weighted by atomic mass is 16.5. The van der Waals surface area contributed by atoms with Crippen LogP contribution < -0.4 is 14.8 Å². The molecule has 0 spiro atoms. The van der Waals surface area contributed by atoms with Gasteiger partial charge in [0, 0.05) is 56.8 Å². The summed E-state index contributed by atoms with van der Waals surface area (Å²) in [6.45, 7) is 5.77. The van der Waals surface area contributed by atoms with Crippen molar-refractivity contribution in [1.29, 1.82) is 0 Å². The summed E-state index contributed by atoms with van der Waals surface area (Å²) in [6.07, 6.45) is 3.65.